The van der Waals surface area contributed by atoms with Crippen LogP contribution in [0.1, 0.15) is 34.1 Å². The van der Waals surface area contributed by atoms with E-state index in [0.29, 0.717) is 40.8 Å². The average Bonchev–Trinajstić information content (AvgIpc) is 3.59. The van der Waals surface area contributed by atoms with Crippen molar-refractivity contribution in [3.05, 3.63) is 51.4 Å². The Morgan fingerprint density at radius 2 is 1.76 bits per heavy atom. The van der Waals surface area contributed by atoms with Gasteiger partial charge in [0, 0.05) is 13.1 Å². The Morgan fingerprint density at radius 1 is 1.09 bits per heavy atom. The molecule has 1 amide bonds. The number of aliphatic hydroxyl groups excluding tert-OH is 1. The van der Waals surface area contributed by atoms with Crippen LogP contribution in [0.4, 0.5) is 0 Å². The third-order valence-electron chi connectivity index (χ3n) is 6.15. The highest BCUT2D eigenvalue weighted by Gasteiger charge is 2.44. The lowest BCUT2D eigenvalue weighted by Crippen LogP contribution is -2.38. The van der Waals surface area contributed by atoms with Gasteiger partial charge in [0.1, 0.15) is 0 Å². The number of likely N-dealkylation sites (tertiary alicyclic amines) is 1. The summed E-state index contributed by atoms with van der Waals surface area (Å²) in [6.45, 7) is 3.01. The molecule has 0 aliphatic carbocycles. The summed E-state index contributed by atoms with van der Waals surface area (Å²) in [7, 11) is 4.53. The average molecular weight is 473 g/mol. The zero-order valence-electron chi connectivity index (χ0n) is 19.0. The van der Waals surface area contributed by atoms with Crippen molar-refractivity contribution in [1.82, 2.24) is 9.80 Å². The number of hydrogen-bond acceptors (Lipinski definition) is 8. The molecule has 1 aromatic heterocycles. The minimum absolute atomic E-state index is 0.0677. The van der Waals surface area contributed by atoms with Crippen LogP contribution in [0.15, 0.2) is 41.0 Å². The molecule has 176 valence electrons. The van der Waals surface area contributed by atoms with Crippen LogP contribution in [0.25, 0.3) is 0 Å². The summed E-state index contributed by atoms with van der Waals surface area (Å²) in [5.41, 5.74) is 0.668. The number of nitrogens with zero attached hydrogens (tertiary/aromatic N) is 2. The van der Waals surface area contributed by atoms with Gasteiger partial charge >= 0.3 is 0 Å². The number of carbonyl (C=O) groups is 2. The van der Waals surface area contributed by atoms with E-state index in [4.69, 9.17) is 14.2 Å². The van der Waals surface area contributed by atoms with Crippen LogP contribution in [0.3, 0.4) is 0 Å². The molecular formula is C24H28N2O6S. The second kappa shape index (κ2) is 9.84. The molecule has 2 aromatic rings. The first-order chi connectivity index (χ1) is 16.0. The quantitative estimate of drug-likeness (QED) is 0.559. The highest BCUT2D eigenvalue weighted by atomic mass is 32.1. The maximum atomic E-state index is 13.4. The Hall–Kier alpha value is -3.04. The zero-order valence-corrected chi connectivity index (χ0v) is 19.8. The van der Waals surface area contributed by atoms with Gasteiger partial charge in [0.2, 0.25) is 11.5 Å². The van der Waals surface area contributed by atoms with E-state index in [-0.39, 0.29) is 11.4 Å². The lowest BCUT2D eigenvalue weighted by molar-refractivity contribution is -0.129. The van der Waals surface area contributed by atoms with Crippen molar-refractivity contribution in [2.45, 2.75) is 18.9 Å². The summed E-state index contributed by atoms with van der Waals surface area (Å²) >= 11 is 1.27. The fourth-order valence-electron chi connectivity index (χ4n) is 4.52. The highest BCUT2D eigenvalue weighted by molar-refractivity contribution is 7.12. The normalized spacial score (nSPS) is 18.8. The molecule has 2 aliphatic heterocycles. The monoisotopic (exact) mass is 472 g/mol. The van der Waals surface area contributed by atoms with Gasteiger partial charge in [0.25, 0.3) is 5.91 Å². The van der Waals surface area contributed by atoms with Gasteiger partial charge in [-0.25, -0.2) is 0 Å². The Labute approximate surface area is 197 Å². The van der Waals surface area contributed by atoms with E-state index in [0.717, 1.165) is 25.9 Å². The standard InChI is InChI=1S/C24H28N2O6S/c1-30-16-13-15(14-17(31-2)23(16)32-3)20-19(21(27)18-7-6-12-33-18)22(28)24(29)26(20)11-10-25-8-4-5-9-25/h6-7,12-14,20,28H,4-5,8-11H2,1-3H3. The van der Waals surface area contributed by atoms with Crippen LogP contribution in [0.2, 0.25) is 0 Å². The van der Waals surface area contributed by atoms with Crippen LogP contribution >= 0.6 is 11.3 Å². The molecule has 0 bridgehead atoms. The van der Waals surface area contributed by atoms with Crippen molar-refractivity contribution in [1.29, 1.82) is 0 Å². The predicted molar refractivity (Wildman–Crippen MR) is 125 cm³/mol. The van der Waals surface area contributed by atoms with E-state index in [1.54, 1.807) is 34.5 Å². The number of amides is 1. The van der Waals surface area contributed by atoms with E-state index in [1.165, 1.54) is 32.7 Å². The molecule has 0 saturated carbocycles. The fraction of sp³-hybridized carbons (Fsp3) is 0.417. The van der Waals surface area contributed by atoms with Gasteiger partial charge in [-0.1, -0.05) is 6.07 Å². The van der Waals surface area contributed by atoms with Crippen LogP contribution in [-0.2, 0) is 4.79 Å². The Kier molecular flexibility index (Phi) is 6.90. The van der Waals surface area contributed by atoms with Gasteiger partial charge in [-0.15, -0.1) is 11.3 Å². The molecule has 3 heterocycles. The minimum atomic E-state index is -0.775. The SMILES string of the molecule is COc1cc(C2C(C(=O)c3cccs3)=C(O)C(=O)N2CCN2CCCC2)cc(OC)c1OC. The number of thiophene rings is 1. The molecule has 0 radical (unpaired) electrons. The Morgan fingerprint density at radius 3 is 2.30 bits per heavy atom. The molecule has 1 aromatic carbocycles. The molecule has 9 heteroatoms. The molecule has 0 spiro atoms. The molecule has 1 atom stereocenters. The first-order valence-electron chi connectivity index (χ1n) is 10.8. The summed E-state index contributed by atoms with van der Waals surface area (Å²) in [6, 6.07) is 6.14. The van der Waals surface area contributed by atoms with Crippen molar-refractivity contribution in [2.75, 3.05) is 47.5 Å². The second-order valence-electron chi connectivity index (χ2n) is 7.98. The van der Waals surface area contributed by atoms with Gasteiger partial charge in [0.15, 0.2) is 17.3 Å². The molecule has 1 unspecified atom stereocenters. The topological polar surface area (TPSA) is 88.5 Å². The van der Waals surface area contributed by atoms with E-state index < -0.39 is 17.7 Å². The number of aliphatic hydroxyl groups is 1. The van der Waals surface area contributed by atoms with Crippen LogP contribution in [-0.4, -0.2) is 74.1 Å². The van der Waals surface area contributed by atoms with Gasteiger partial charge in [-0.2, -0.15) is 0 Å². The van der Waals surface area contributed by atoms with Crippen LogP contribution in [0, 0.1) is 0 Å². The third-order valence-corrected chi connectivity index (χ3v) is 7.02. The van der Waals surface area contributed by atoms with Crippen molar-refractivity contribution in [3.8, 4) is 17.2 Å². The molecule has 2 aliphatic rings. The number of rotatable bonds is 9. The van der Waals surface area contributed by atoms with Crippen molar-refractivity contribution >= 4 is 23.0 Å². The van der Waals surface area contributed by atoms with Crippen LogP contribution < -0.4 is 14.2 Å². The number of carbonyl (C=O) groups excluding carboxylic acids is 2. The lowest BCUT2D eigenvalue weighted by atomic mass is 9.94. The summed E-state index contributed by atoms with van der Waals surface area (Å²) in [5, 5.41) is 12.6. The van der Waals surface area contributed by atoms with Crippen LogP contribution in [0.5, 0.6) is 17.2 Å². The largest absolute Gasteiger partial charge is 0.503 e. The van der Waals surface area contributed by atoms with E-state index in [9.17, 15) is 14.7 Å². The molecule has 33 heavy (non-hydrogen) atoms. The van der Waals surface area contributed by atoms with Crippen molar-refractivity contribution in [2.24, 2.45) is 0 Å². The Balaban J connectivity index is 1.79. The van der Waals surface area contributed by atoms with Gasteiger partial charge in [0.05, 0.1) is 37.8 Å². The summed E-state index contributed by atoms with van der Waals surface area (Å²) in [6.07, 6.45) is 2.27. The molecule has 1 saturated heterocycles. The lowest BCUT2D eigenvalue weighted by Gasteiger charge is -2.29. The van der Waals surface area contributed by atoms with Gasteiger partial charge in [-0.05, 0) is 55.1 Å². The maximum Gasteiger partial charge on any atom is 0.290 e. The first kappa shape index (κ1) is 23.1. The molecule has 1 N–H and O–H groups in total. The molecular weight excluding hydrogens is 444 g/mol. The number of ether oxygens (including phenoxy) is 3. The molecule has 8 nitrogen and oxygen atoms in total. The first-order valence-corrected chi connectivity index (χ1v) is 11.7. The smallest absolute Gasteiger partial charge is 0.290 e. The Bertz CT molecular complexity index is 1030. The number of methoxy groups -OCH3 is 3. The van der Waals surface area contributed by atoms with E-state index in [1.807, 2.05) is 0 Å². The van der Waals surface area contributed by atoms with E-state index >= 15 is 0 Å². The molecule has 4 rings (SSSR count). The summed E-state index contributed by atoms with van der Waals surface area (Å²) in [5.74, 6) is -0.183. The van der Waals surface area contributed by atoms with Crippen molar-refractivity contribution < 1.29 is 28.9 Å². The number of Topliss-reactive ketones (excluding diaryl/α,β-unsaturated/α-hetero) is 1. The fourth-order valence-corrected chi connectivity index (χ4v) is 5.20. The van der Waals surface area contributed by atoms with E-state index in [2.05, 4.69) is 4.90 Å². The predicted octanol–water partition coefficient (Wildman–Crippen LogP) is 3.45. The highest BCUT2D eigenvalue weighted by Crippen LogP contribution is 2.45. The van der Waals surface area contributed by atoms with Crippen molar-refractivity contribution in [3.63, 3.8) is 0 Å². The second-order valence-corrected chi connectivity index (χ2v) is 8.92. The molecule has 1 fully saturated rings. The number of hydrogen-bond donors (Lipinski definition) is 1. The summed E-state index contributed by atoms with van der Waals surface area (Å²) in [4.78, 5) is 30.9. The number of benzene rings is 1. The zero-order chi connectivity index (χ0) is 23.5. The van der Waals surface area contributed by atoms with Gasteiger partial charge < -0.3 is 29.1 Å². The minimum Gasteiger partial charge on any atom is -0.503 e. The third kappa shape index (κ3) is 4.30. The number of ketones is 1. The maximum absolute atomic E-state index is 13.4. The van der Waals surface area contributed by atoms with Gasteiger partial charge in [-0.3, -0.25) is 9.59 Å². The summed E-state index contributed by atoms with van der Waals surface area (Å²) < 4.78 is 16.4.